The predicted molar refractivity (Wildman–Crippen MR) is 77.4 cm³/mol. The summed E-state index contributed by atoms with van der Waals surface area (Å²) in [4.78, 5) is 22.2. The van der Waals surface area contributed by atoms with Crippen LogP contribution in [0.15, 0.2) is 24.3 Å². The fourth-order valence-corrected chi connectivity index (χ4v) is 3.13. The zero-order valence-electron chi connectivity index (χ0n) is 11.5. The molecular formula is C16H19N3O. The van der Waals surface area contributed by atoms with Crippen LogP contribution in [0.1, 0.15) is 37.4 Å². The van der Waals surface area contributed by atoms with E-state index in [4.69, 9.17) is 4.98 Å². The summed E-state index contributed by atoms with van der Waals surface area (Å²) in [7, 11) is 0. The summed E-state index contributed by atoms with van der Waals surface area (Å²) in [5.74, 6) is 2.28. The highest BCUT2D eigenvalue weighted by molar-refractivity contribution is 5.81. The van der Waals surface area contributed by atoms with E-state index in [-0.39, 0.29) is 0 Å². The molecule has 0 bridgehead atoms. The van der Waals surface area contributed by atoms with Gasteiger partial charge in [-0.2, -0.15) is 0 Å². The molecule has 1 aromatic carbocycles. The normalized spacial score (nSPS) is 20.5. The molecule has 1 aliphatic carbocycles. The summed E-state index contributed by atoms with van der Waals surface area (Å²) in [5, 5.41) is 0. The van der Waals surface area contributed by atoms with Gasteiger partial charge in [-0.25, -0.2) is 4.98 Å². The van der Waals surface area contributed by atoms with E-state index in [0.717, 1.165) is 55.6 Å². The number of carbonyl (C=O) groups is 1. The third-order valence-corrected chi connectivity index (χ3v) is 4.53. The Morgan fingerprint density at radius 2 is 1.90 bits per heavy atom. The zero-order chi connectivity index (χ0) is 13.5. The van der Waals surface area contributed by atoms with Crippen LogP contribution in [0.5, 0.6) is 0 Å². The van der Waals surface area contributed by atoms with Crippen LogP contribution in [0.25, 0.3) is 11.0 Å². The Labute approximate surface area is 118 Å². The third kappa shape index (κ3) is 2.09. The van der Waals surface area contributed by atoms with Gasteiger partial charge in [0.25, 0.3) is 0 Å². The monoisotopic (exact) mass is 269 g/mol. The number of aromatic nitrogens is 2. The van der Waals surface area contributed by atoms with Crippen molar-refractivity contribution in [3.05, 3.63) is 30.1 Å². The lowest BCUT2D eigenvalue weighted by Gasteiger charge is -2.31. The van der Waals surface area contributed by atoms with E-state index < -0.39 is 0 Å². The number of imidazole rings is 1. The number of carbonyl (C=O) groups excluding carboxylic acids is 1. The van der Waals surface area contributed by atoms with Gasteiger partial charge < -0.3 is 9.88 Å². The lowest BCUT2D eigenvalue weighted by atomic mass is 9.96. The minimum atomic E-state index is 0.345. The summed E-state index contributed by atoms with van der Waals surface area (Å²) in [5.41, 5.74) is 2.15. The first-order chi connectivity index (χ1) is 9.81. The molecule has 4 heteroatoms. The molecule has 1 saturated carbocycles. The van der Waals surface area contributed by atoms with Gasteiger partial charge in [-0.15, -0.1) is 0 Å². The number of fused-ring (bicyclic) bond motifs is 1. The number of benzene rings is 1. The molecular weight excluding hydrogens is 250 g/mol. The number of hydrogen-bond donors (Lipinski definition) is 1. The minimum Gasteiger partial charge on any atom is -0.342 e. The first kappa shape index (κ1) is 11.9. The highest BCUT2D eigenvalue weighted by atomic mass is 16.2. The minimum absolute atomic E-state index is 0.345. The molecule has 1 N–H and O–H groups in total. The van der Waals surface area contributed by atoms with Gasteiger partial charge in [-0.05, 0) is 37.8 Å². The van der Waals surface area contributed by atoms with Gasteiger partial charge in [-0.1, -0.05) is 12.1 Å². The summed E-state index contributed by atoms with van der Waals surface area (Å²) >= 11 is 0. The molecule has 1 saturated heterocycles. The Kier molecular flexibility index (Phi) is 2.76. The zero-order valence-corrected chi connectivity index (χ0v) is 11.5. The van der Waals surface area contributed by atoms with Crippen LogP contribution < -0.4 is 0 Å². The molecule has 4 rings (SSSR count). The van der Waals surface area contributed by atoms with Crippen molar-refractivity contribution in [2.24, 2.45) is 5.92 Å². The Bertz CT molecular complexity index is 603. The van der Waals surface area contributed by atoms with Crippen molar-refractivity contribution >= 4 is 16.9 Å². The molecule has 2 aromatic rings. The highest BCUT2D eigenvalue weighted by Gasteiger charge is 2.35. The number of nitrogens with zero attached hydrogens (tertiary/aromatic N) is 2. The Morgan fingerprint density at radius 3 is 2.60 bits per heavy atom. The van der Waals surface area contributed by atoms with Gasteiger partial charge in [0.05, 0.1) is 11.0 Å². The molecule has 2 heterocycles. The van der Waals surface area contributed by atoms with Gasteiger partial charge in [0.2, 0.25) is 5.91 Å². The van der Waals surface area contributed by atoms with Crippen LogP contribution in [0.4, 0.5) is 0 Å². The standard InChI is InChI=1S/C16H19N3O/c20-16(12-5-6-12)19-9-7-11(8-10-19)15-17-13-3-1-2-4-14(13)18-15/h1-4,11-12H,5-10H2,(H,17,18). The molecule has 0 radical (unpaired) electrons. The van der Waals surface area contributed by atoms with E-state index in [1.807, 2.05) is 18.2 Å². The van der Waals surface area contributed by atoms with Crippen molar-refractivity contribution in [3.8, 4) is 0 Å². The maximum atomic E-state index is 12.0. The molecule has 0 atom stereocenters. The summed E-state index contributed by atoms with van der Waals surface area (Å²) in [6, 6.07) is 8.16. The predicted octanol–water partition coefficient (Wildman–Crippen LogP) is 2.68. The number of aromatic amines is 1. The number of para-hydroxylation sites is 2. The molecule has 2 fully saturated rings. The molecule has 0 unspecified atom stereocenters. The molecule has 104 valence electrons. The number of hydrogen-bond acceptors (Lipinski definition) is 2. The van der Waals surface area contributed by atoms with E-state index in [9.17, 15) is 4.79 Å². The average Bonchev–Trinajstić information content (AvgIpc) is 3.25. The van der Waals surface area contributed by atoms with Crippen LogP contribution in [0, 0.1) is 5.92 Å². The molecule has 0 spiro atoms. The highest BCUT2D eigenvalue weighted by Crippen LogP contribution is 2.34. The van der Waals surface area contributed by atoms with Crippen LogP contribution in [-0.2, 0) is 4.79 Å². The Balaban J connectivity index is 1.46. The van der Waals surface area contributed by atoms with Gasteiger partial charge >= 0.3 is 0 Å². The Hall–Kier alpha value is -1.84. The molecule has 2 aliphatic rings. The van der Waals surface area contributed by atoms with Crippen molar-refractivity contribution in [2.75, 3.05) is 13.1 Å². The number of rotatable bonds is 2. The number of amides is 1. The van der Waals surface area contributed by atoms with Crippen LogP contribution in [-0.4, -0.2) is 33.9 Å². The van der Waals surface area contributed by atoms with Crippen molar-refractivity contribution in [2.45, 2.75) is 31.6 Å². The topological polar surface area (TPSA) is 49.0 Å². The third-order valence-electron chi connectivity index (χ3n) is 4.53. The first-order valence-electron chi connectivity index (χ1n) is 7.55. The van der Waals surface area contributed by atoms with E-state index in [1.54, 1.807) is 0 Å². The molecule has 1 aromatic heterocycles. The van der Waals surface area contributed by atoms with Crippen molar-refractivity contribution in [3.63, 3.8) is 0 Å². The number of likely N-dealkylation sites (tertiary alicyclic amines) is 1. The van der Waals surface area contributed by atoms with Crippen LogP contribution in [0.3, 0.4) is 0 Å². The smallest absolute Gasteiger partial charge is 0.225 e. The van der Waals surface area contributed by atoms with Crippen LogP contribution >= 0.6 is 0 Å². The molecule has 4 nitrogen and oxygen atoms in total. The number of piperidine rings is 1. The first-order valence-corrected chi connectivity index (χ1v) is 7.55. The van der Waals surface area contributed by atoms with E-state index in [1.165, 1.54) is 0 Å². The summed E-state index contributed by atoms with van der Waals surface area (Å²) in [6.45, 7) is 1.77. The van der Waals surface area contributed by atoms with Gasteiger partial charge in [0.15, 0.2) is 0 Å². The fourth-order valence-electron chi connectivity index (χ4n) is 3.13. The quantitative estimate of drug-likeness (QED) is 0.911. The SMILES string of the molecule is O=C(C1CC1)N1CCC(c2nc3ccccc3[nH]2)CC1. The summed E-state index contributed by atoms with van der Waals surface area (Å²) < 4.78 is 0. The van der Waals surface area contributed by atoms with Gasteiger partial charge in [-0.3, -0.25) is 4.79 Å². The van der Waals surface area contributed by atoms with Crippen molar-refractivity contribution in [1.29, 1.82) is 0 Å². The Morgan fingerprint density at radius 1 is 1.15 bits per heavy atom. The van der Waals surface area contributed by atoms with E-state index in [2.05, 4.69) is 16.0 Å². The number of nitrogens with one attached hydrogen (secondary N) is 1. The second kappa shape index (κ2) is 4.62. The average molecular weight is 269 g/mol. The maximum absolute atomic E-state index is 12.0. The molecule has 1 aliphatic heterocycles. The van der Waals surface area contributed by atoms with Crippen LogP contribution in [0.2, 0.25) is 0 Å². The second-order valence-corrected chi connectivity index (χ2v) is 6.01. The lowest BCUT2D eigenvalue weighted by Crippen LogP contribution is -2.38. The van der Waals surface area contributed by atoms with Crippen molar-refractivity contribution < 1.29 is 4.79 Å². The largest absolute Gasteiger partial charge is 0.342 e. The van der Waals surface area contributed by atoms with E-state index >= 15 is 0 Å². The summed E-state index contributed by atoms with van der Waals surface area (Å²) in [6.07, 6.45) is 4.25. The number of H-pyrrole nitrogens is 1. The van der Waals surface area contributed by atoms with E-state index in [0.29, 0.717) is 17.7 Å². The second-order valence-electron chi connectivity index (χ2n) is 6.01. The molecule has 20 heavy (non-hydrogen) atoms. The van der Waals surface area contributed by atoms with Gasteiger partial charge in [0, 0.05) is 24.9 Å². The fraction of sp³-hybridized carbons (Fsp3) is 0.500. The van der Waals surface area contributed by atoms with Crippen molar-refractivity contribution in [1.82, 2.24) is 14.9 Å². The lowest BCUT2D eigenvalue weighted by molar-refractivity contribution is -0.133. The van der Waals surface area contributed by atoms with Gasteiger partial charge in [0.1, 0.15) is 5.82 Å². The maximum Gasteiger partial charge on any atom is 0.225 e. The molecule has 1 amide bonds.